The first-order valence-electron chi connectivity index (χ1n) is 4.61. The monoisotopic (exact) mass is 225 g/mol. The van der Waals surface area contributed by atoms with Crippen molar-refractivity contribution >= 4 is 5.95 Å². The Kier molecular flexibility index (Phi) is 2.76. The fourth-order valence-corrected chi connectivity index (χ4v) is 1.34. The number of pyridine rings is 1. The summed E-state index contributed by atoms with van der Waals surface area (Å²) in [6, 6.07) is 0. The molecule has 0 saturated carbocycles. The molecule has 5 nitrogen and oxygen atoms in total. The Balaban J connectivity index is 2.10. The first-order chi connectivity index (χ1) is 7.66. The first kappa shape index (κ1) is 10.5. The van der Waals surface area contributed by atoms with E-state index >= 15 is 0 Å². The molecule has 0 saturated heterocycles. The maximum absolute atomic E-state index is 13.2. The molecule has 0 aliphatic carbocycles. The maximum Gasteiger partial charge on any atom is 0.239 e. The van der Waals surface area contributed by atoms with E-state index in [1.165, 1.54) is 0 Å². The molecule has 16 heavy (non-hydrogen) atoms. The van der Waals surface area contributed by atoms with E-state index in [0.29, 0.717) is 12.2 Å². The van der Waals surface area contributed by atoms with Gasteiger partial charge < -0.3 is 5.73 Å². The molecule has 0 aliphatic rings. The van der Waals surface area contributed by atoms with Crippen molar-refractivity contribution in [2.45, 2.75) is 12.8 Å². The molecule has 2 rings (SSSR count). The van der Waals surface area contributed by atoms with Crippen LogP contribution < -0.4 is 5.73 Å². The highest BCUT2D eigenvalue weighted by molar-refractivity contribution is 5.17. The minimum atomic E-state index is -0.660. The van der Waals surface area contributed by atoms with Crippen LogP contribution in [-0.4, -0.2) is 20.2 Å². The van der Waals surface area contributed by atoms with Crippen LogP contribution in [0.25, 0.3) is 0 Å². The van der Waals surface area contributed by atoms with Gasteiger partial charge in [0.05, 0.1) is 12.4 Å². The minimum Gasteiger partial charge on any atom is -0.367 e. The van der Waals surface area contributed by atoms with Gasteiger partial charge in [-0.1, -0.05) is 0 Å². The zero-order valence-electron chi connectivity index (χ0n) is 8.24. The normalized spacial score (nSPS) is 10.6. The predicted octanol–water partition coefficient (Wildman–Crippen LogP) is 0.845. The van der Waals surface area contributed by atoms with Crippen LogP contribution in [0.5, 0.6) is 0 Å². The van der Waals surface area contributed by atoms with Gasteiger partial charge in [-0.05, 0) is 6.42 Å². The van der Waals surface area contributed by atoms with Gasteiger partial charge in [0, 0.05) is 12.0 Å². The summed E-state index contributed by atoms with van der Waals surface area (Å²) in [5, 5.41) is 6.18. The lowest BCUT2D eigenvalue weighted by molar-refractivity contribution is 0.543. The van der Waals surface area contributed by atoms with Gasteiger partial charge in [-0.15, -0.1) is 5.10 Å². The number of halogens is 2. The van der Waals surface area contributed by atoms with Crippen LogP contribution in [0.2, 0.25) is 0 Å². The molecule has 0 amide bonds. The van der Waals surface area contributed by atoms with Crippen molar-refractivity contribution in [1.29, 1.82) is 0 Å². The first-order valence-corrected chi connectivity index (χ1v) is 4.61. The van der Waals surface area contributed by atoms with Gasteiger partial charge in [-0.25, -0.2) is 8.78 Å². The predicted molar refractivity (Wildman–Crippen MR) is 52.4 cm³/mol. The molecule has 0 bridgehead atoms. The SMILES string of the molecule is Nc1n[nH]c(CCc2c(F)cncc2F)n1. The summed E-state index contributed by atoms with van der Waals surface area (Å²) in [6.07, 6.45) is 2.47. The Morgan fingerprint density at radius 3 is 2.44 bits per heavy atom. The zero-order chi connectivity index (χ0) is 11.5. The summed E-state index contributed by atoms with van der Waals surface area (Å²) < 4.78 is 26.4. The molecule has 7 heteroatoms. The molecular formula is C9H9F2N5. The van der Waals surface area contributed by atoms with E-state index in [9.17, 15) is 8.78 Å². The van der Waals surface area contributed by atoms with Crippen molar-refractivity contribution in [2.75, 3.05) is 5.73 Å². The number of hydrogen-bond donors (Lipinski definition) is 2. The van der Waals surface area contributed by atoms with Crippen LogP contribution in [0.4, 0.5) is 14.7 Å². The second-order valence-electron chi connectivity index (χ2n) is 3.22. The molecule has 2 heterocycles. The van der Waals surface area contributed by atoms with Crippen LogP contribution in [0.3, 0.4) is 0 Å². The topological polar surface area (TPSA) is 80.5 Å². The Morgan fingerprint density at radius 1 is 1.19 bits per heavy atom. The molecule has 0 spiro atoms. The smallest absolute Gasteiger partial charge is 0.239 e. The third-order valence-electron chi connectivity index (χ3n) is 2.11. The number of aryl methyl sites for hydroxylation is 1. The molecule has 0 atom stereocenters. The fraction of sp³-hybridized carbons (Fsp3) is 0.222. The summed E-state index contributed by atoms with van der Waals surface area (Å²) in [7, 11) is 0. The number of hydrogen-bond acceptors (Lipinski definition) is 4. The summed E-state index contributed by atoms with van der Waals surface area (Å²) in [5.74, 6) is -0.709. The summed E-state index contributed by atoms with van der Waals surface area (Å²) in [5.41, 5.74) is 5.29. The second kappa shape index (κ2) is 4.21. The molecular weight excluding hydrogens is 216 g/mol. The molecule has 0 unspecified atom stereocenters. The number of nitrogens with one attached hydrogen (secondary N) is 1. The van der Waals surface area contributed by atoms with Crippen molar-refractivity contribution in [3.63, 3.8) is 0 Å². The maximum atomic E-state index is 13.2. The zero-order valence-corrected chi connectivity index (χ0v) is 8.24. The fourth-order valence-electron chi connectivity index (χ4n) is 1.34. The van der Waals surface area contributed by atoms with Crippen molar-refractivity contribution in [2.24, 2.45) is 0 Å². The average molecular weight is 225 g/mol. The van der Waals surface area contributed by atoms with Crippen LogP contribution in [0.15, 0.2) is 12.4 Å². The molecule has 84 valence electrons. The van der Waals surface area contributed by atoms with Gasteiger partial charge in [0.2, 0.25) is 5.95 Å². The van der Waals surface area contributed by atoms with Crippen LogP contribution in [0, 0.1) is 11.6 Å². The summed E-state index contributed by atoms with van der Waals surface area (Å²) in [4.78, 5) is 7.23. The van der Waals surface area contributed by atoms with Crippen molar-refractivity contribution in [3.05, 3.63) is 35.4 Å². The molecule has 0 aromatic carbocycles. The Morgan fingerprint density at radius 2 is 1.88 bits per heavy atom. The Bertz CT molecular complexity index is 476. The number of nitrogens with zero attached hydrogens (tertiary/aromatic N) is 3. The van der Waals surface area contributed by atoms with Crippen LogP contribution in [0.1, 0.15) is 11.4 Å². The Labute approximate surface area is 89.7 Å². The van der Waals surface area contributed by atoms with Gasteiger partial charge in [-0.3, -0.25) is 10.1 Å². The quantitative estimate of drug-likeness (QED) is 0.811. The van der Waals surface area contributed by atoms with E-state index < -0.39 is 11.6 Å². The lowest BCUT2D eigenvalue weighted by atomic mass is 10.1. The lowest BCUT2D eigenvalue weighted by Crippen LogP contribution is -2.01. The molecule has 2 aromatic rings. The second-order valence-corrected chi connectivity index (χ2v) is 3.22. The average Bonchev–Trinajstić information content (AvgIpc) is 2.63. The minimum absolute atomic E-state index is 0.00929. The molecule has 2 aromatic heterocycles. The number of nitrogens with two attached hydrogens (primary N) is 1. The summed E-state index contributed by atoms with van der Waals surface area (Å²) >= 11 is 0. The van der Waals surface area contributed by atoms with Gasteiger partial charge in [0.25, 0.3) is 0 Å². The van der Waals surface area contributed by atoms with Gasteiger partial charge in [-0.2, -0.15) is 4.98 Å². The summed E-state index contributed by atoms with van der Waals surface area (Å²) in [6.45, 7) is 0. The van der Waals surface area contributed by atoms with E-state index in [-0.39, 0.29) is 17.9 Å². The molecule has 0 fully saturated rings. The lowest BCUT2D eigenvalue weighted by Gasteiger charge is -2.01. The third-order valence-corrected chi connectivity index (χ3v) is 2.11. The number of aromatic nitrogens is 4. The Hall–Kier alpha value is -2.05. The standard InChI is InChI=1S/C9H9F2N5/c10-6-3-13-4-7(11)5(6)1-2-8-14-9(12)16-15-8/h3-4H,1-2H2,(H3,12,14,15,16). The highest BCUT2D eigenvalue weighted by atomic mass is 19.1. The number of rotatable bonds is 3. The number of aromatic amines is 1. The van der Waals surface area contributed by atoms with E-state index in [1.54, 1.807) is 0 Å². The largest absolute Gasteiger partial charge is 0.367 e. The highest BCUT2D eigenvalue weighted by Gasteiger charge is 2.10. The van der Waals surface area contributed by atoms with Crippen molar-refractivity contribution in [3.8, 4) is 0 Å². The van der Waals surface area contributed by atoms with Gasteiger partial charge >= 0.3 is 0 Å². The van der Waals surface area contributed by atoms with Gasteiger partial charge in [0.15, 0.2) is 0 Å². The van der Waals surface area contributed by atoms with Crippen LogP contribution in [-0.2, 0) is 12.8 Å². The van der Waals surface area contributed by atoms with E-state index in [0.717, 1.165) is 12.4 Å². The highest BCUT2D eigenvalue weighted by Crippen LogP contribution is 2.12. The van der Waals surface area contributed by atoms with E-state index in [2.05, 4.69) is 20.2 Å². The van der Waals surface area contributed by atoms with Gasteiger partial charge in [0.1, 0.15) is 17.5 Å². The van der Waals surface area contributed by atoms with E-state index in [4.69, 9.17) is 5.73 Å². The van der Waals surface area contributed by atoms with Crippen LogP contribution >= 0.6 is 0 Å². The molecule has 0 aliphatic heterocycles. The molecule has 3 N–H and O–H groups in total. The van der Waals surface area contributed by atoms with E-state index in [1.807, 2.05) is 0 Å². The van der Waals surface area contributed by atoms with Crippen molar-refractivity contribution < 1.29 is 8.78 Å². The van der Waals surface area contributed by atoms with Crippen molar-refractivity contribution in [1.82, 2.24) is 20.2 Å². The molecule has 0 radical (unpaired) electrons. The number of anilines is 1. The third kappa shape index (κ3) is 2.13. The number of nitrogen functional groups attached to an aromatic ring is 1. The number of H-pyrrole nitrogens is 1.